The third kappa shape index (κ3) is 5.61. The van der Waals surface area contributed by atoms with Gasteiger partial charge in [0.15, 0.2) is 0 Å². The molecule has 2 aromatic rings. The van der Waals surface area contributed by atoms with Crippen LogP contribution in [0.15, 0.2) is 34.1 Å². The van der Waals surface area contributed by atoms with E-state index < -0.39 is 5.97 Å². The van der Waals surface area contributed by atoms with Crippen LogP contribution in [0.1, 0.15) is 41.4 Å². The summed E-state index contributed by atoms with van der Waals surface area (Å²) >= 11 is 1.31. The minimum absolute atomic E-state index is 0.150. The number of anilines is 1. The lowest BCUT2D eigenvalue weighted by Gasteiger charge is -2.37. The van der Waals surface area contributed by atoms with Gasteiger partial charge in [0.25, 0.3) is 0 Å². The molecule has 0 radical (unpaired) electrons. The summed E-state index contributed by atoms with van der Waals surface area (Å²) in [6.45, 7) is 5.50. The monoisotopic (exact) mass is 485 g/mol. The van der Waals surface area contributed by atoms with Gasteiger partial charge in [0.2, 0.25) is 5.91 Å². The second-order valence-electron chi connectivity index (χ2n) is 8.54. The van der Waals surface area contributed by atoms with E-state index >= 15 is 0 Å². The van der Waals surface area contributed by atoms with E-state index in [4.69, 9.17) is 4.74 Å². The van der Waals surface area contributed by atoms with Gasteiger partial charge in [-0.2, -0.15) is 4.98 Å². The molecule has 1 aromatic carbocycles. The van der Waals surface area contributed by atoms with Gasteiger partial charge in [-0.25, -0.2) is 14.3 Å². The lowest BCUT2D eigenvalue weighted by atomic mass is 9.97. The molecule has 9 nitrogen and oxygen atoms in total. The first-order valence-electron chi connectivity index (χ1n) is 11.7. The molecule has 10 heteroatoms. The van der Waals surface area contributed by atoms with Crippen molar-refractivity contribution >= 4 is 29.3 Å². The number of benzene rings is 1. The number of likely N-dealkylation sites (N-methyl/N-ethyl adjacent to an activating group) is 1. The molecule has 4 rings (SSSR count). The predicted molar refractivity (Wildman–Crippen MR) is 132 cm³/mol. The number of fused-ring (bicyclic) bond motifs is 1. The number of rotatable bonds is 7. The highest BCUT2D eigenvalue weighted by molar-refractivity contribution is 8.00. The third-order valence-corrected chi connectivity index (χ3v) is 7.13. The number of carbonyl (C=O) groups is 2. The molecule has 1 saturated heterocycles. The van der Waals surface area contributed by atoms with E-state index in [1.165, 1.54) is 11.8 Å². The van der Waals surface area contributed by atoms with Crippen LogP contribution < -0.4 is 16.0 Å². The van der Waals surface area contributed by atoms with Gasteiger partial charge in [-0.15, -0.1) is 0 Å². The van der Waals surface area contributed by atoms with Crippen molar-refractivity contribution in [2.24, 2.45) is 0 Å². The van der Waals surface area contributed by atoms with Crippen molar-refractivity contribution in [1.29, 1.82) is 0 Å². The fourth-order valence-corrected chi connectivity index (χ4v) is 5.19. The molecule has 1 amide bonds. The quantitative estimate of drug-likeness (QED) is 0.361. The molecule has 1 N–H and O–H groups in total. The minimum Gasteiger partial charge on any atom is -0.462 e. The maximum Gasteiger partial charge on any atom is 0.367 e. The Morgan fingerprint density at radius 3 is 2.50 bits per heavy atom. The van der Waals surface area contributed by atoms with Crippen molar-refractivity contribution in [1.82, 2.24) is 14.6 Å². The number of nitrogens with one attached hydrogen (secondary N) is 1. The Bertz CT molecular complexity index is 1090. The van der Waals surface area contributed by atoms with E-state index in [0.717, 1.165) is 63.1 Å². The summed E-state index contributed by atoms with van der Waals surface area (Å²) in [4.78, 5) is 44.0. The molecule has 1 aliphatic heterocycles. The summed E-state index contributed by atoms with van der Waals surface area (Å²) in [6.07, 6.45) is 3.83. The molecular weight excluding hydrogens is 454 g/mol. The summed E-state index contributed by atoms with van der Waals surface area (Å²) in [5, 5.41) is 5.61. The Morgan fingerprint density at radius 1 is 1.09 bits per heavy atom. The number of hydrogen-bond donors (Lipinski definition) is 1. The zero-order valence-corrected chi connectivity index (χ0v) is 20.5. The molecule has 0 bridgehead atoms. The SMILES string of the molecule is CCOC(=O)c1ccc(NC(=O)CSc2nc(=O)n(N3CCN(C)CC3)c3c2CCCC3)cc1. The van der Waals surface area contributed by atoms with Gasteiger partial charge in [-0.3, -0.25) is 4.79 Å². The van der Waals surface area contributed by atoms with Crippen LogP contribution in [0.2, 0.25) is 0 Å². The predicted octanol–water partition coefficient (Wildman–Crippen LogP) is 1.91. The number of aromatic nitrogens is 2. The van der Waals surface area contributed by atoms with Gasteiger partial charge in [-0.05, 0) is 63.9 Å². The number of hydrogen-bond acceptors (Lipinski definition) is 8. The van der Waals surface area contributed by atoms with Gasteiger partial charge in [0, 0.05) is 37.4 Å². The largest absolute Gasteiger partial charge is 0.462 e. The van der Waals surface area contributed by atoms with Gasteiger partial charge < -0.3 is 20.0 Å². The number of piperazine rings is 1. The Kier molecular flexibility index (Phi) is 7.89. The fourth-order valence-electron chi connectivity index (χ4n) is 4.31. The van der Waals surface area contributed by atoms with E-state index in [-0.39, 0.29) is 17.3 Å². The van der Waals surface area contributed by atoms with Crippen molar-refractivity contribution in [3.63, 3.8) is 0 Å². The summed E-state index contributed by atoms with van der Waals surface area (Å²) in [5.74, 6) is -0.432. The Balaban J connectivity index is 1.44. The van der Waals surface area contributed by atoms with Gasteiger partial charge in [-0.1, -0.05) is 11.8 Å². The highest BCUT2D eigenvalue weighted by Gasteiger charge is 2.25. The smallest absolute Gasteiger partial charge is 0.367 e. The Labute approximate surface area is 203 Å². The lowest BCUT2D eigenvalue weighted by Crippen LogP contribution is -2.54. The Hall–Kier alpha value is -2.85. The number of thioether (sulfide) groups is 1. The highest BCUT2D eigenvalue weighted by atomic mass is 32.2. The van der Waals surface area contributed by atoms with Crippen LogP contribution in [0.4, 0.5) is 5.69 Å². The van der Waals surface area contributed by atoms with Crippen LogP contribution in [0.3, 0.4) is 0 Å². The zero-order valence-electron chi connectivity index (χ0n) is 19.7. The first-order valence-corrected chi connectivity index (χ1v) is 12.7. The third-order valence-electron chi connectivity index (χ3n) is 6.11. The van der Waals surface area contributed by atoms with Crippen molar-refractivity contribution < 1.29 is 14.3 Å². The number of carbonyl (C=O) groups excluding carboxylic acids is 2. The highest BCUT2D eigenvalue weighted by Crippen LogP contribution is 2.28. The average Bonchev–Trinajstić information content (AvgIpc) is 2.84. The molecule has 0 atom stereocenters. The minimum atomic E-state index is -0.391. The maximum absolute atomic E-state index is 13.0. The molecule has 34 heavy (non-hydrogen) atoms. The van der Waals surface area contributed by atoms with E-state index in [1.807, 2.05) is 0 Å². The molecule has 0 unspecified atom stereocenters. The molecule has 2 heterocycles. The first kappa shape index (κ1) is 24.3. The summed E-state index contributed by atoms with van der Waals surface area (Å²) in [6, 6.07) is 6.59. The van der Waals surface area contributed by atoms with Gasteiger partial charge in [0.1, 0.15) is 5.03 Å². The second-order valence-corrected chi connectivity index (χ2v) is 9.50. The summed E-state index contributed by atoms with van der Waals surface area (Å²) in [7, 11) is 2.09. The van der Waals surface area contributed by atoms with Crippen molar-refractivity contribution in [2.45, 2.75) is 37.6 Å². The molecule has 0 spiro atoms. The maximum atomic E-state index is 13.0. The van der Waals surface area contributed by atoms with Crippen LogP contribution in [-0.2, 0) is 22.4 Å². The van der Waals surface area contributed by atoms with Crippen molar-refractivity contribution in [3.8, 4) is 0 Å². The number of nitrogens with zero attached hydrogens (tertiary/aromatic N) is 4. The molecule has 182 valence electrons. The normalized spacial score (nSPS) is 16.1. The number of amides is 1. The molecule has 1 aromatic heterocycles. The standard InChI is InChI=1S/C24H31N5O4S/c1-3-33-23(31)17-8-10-18(11-9-17)25-21(30)16-34-22-19-6-4-5-7-20(19)29(24(32)26-22)28-14-12-27(2)13-15-28/h8-11H,3-7,12-16H2,1-2H3,(H,25,30). The van der Waals surface area contributed by atoms with Crippen LogP contribution >= 0.6 is 11.8 Å². The molecule has 0 saturated carbocycles. The van der Waals surface area contributed by atoms with E-state index in [9.17, 15) is 14.4 Å². The van der Waals surface area contributed by atoms with E-state index in [0.29, 0.717) is 22.9 Å². The lowest BCUT2D eigenvalue weighted by molar-refractivity contribution is -0.113. The topological polar surface area (TPSA) is 96.8 Å². The number of ether oxygens (including phenoxy) is 1. The molecular formula is C24H31N5O4S. The summed E-state index contributed by atoms with van der Waals surface area (Å²) < 4.78 is 6.76. The van der Waals surface area contributed by atoms with Crippen LogP contribution in [0, 0.1) is 0 Å². The van der Waals surface area contributed by atoms with E-state index in [2.05, 4.69) is 27.3 Å². The van der Waals surface area contributed by atoms with E-state index in [1.54, 1.807) is 35.9 Å². The number of esters is 1. The van der Waals surface area contributed by atoms with Crippen LogP contribution in [0.5, 0.6) is 0 Å². The Morgan fingerprint density at radius 2 is 1.79 bits per heavy atom. The first-order chi connectivity index (χ1) is 16.5. The molecule has 1 aliphatic carbocycles. The van der Waals surface area contributed by atoms with Gasteiger partial charge >= 0.3 is 11.7 Å². The molecule has 1 fully saturated rings. The summed E-state index contributed by atoms with van der Waals surface area (Å²) in [5.41, 5.74) is 2.92. The van der Waals surface area contributed by atoms with Crippen LogP contribution in [0.25, 0.3) is 0 Å². The van der Waals surface area contributed by atoms with Crippen molar-refractivity contribution in [2.75, 3.05) is 55.9 Å². The van der Waals surface area contributed by atoms with Crippen molar-refractivity contribution in [3.05, 3.63) is 51.6 Å². The zero-order chi connectivity index (χ0) is 24.1. The fraction of sp³-hybridized carbons (Fsp3) is 0.500. The van der Waals surface area contributed by atoms with Gasteiger partial charge in [0.05, 0.1) is 23.6 Å². The van der Waals surface area contributed by atoms with Crippen LogP contribution in [-0.4, -0.2) is 72.0 Å². The average molecular weight is 486 g/mol. The second kappa shape index (κ2) is 11.1. The molecule has 2 aliphatic rings.